The number of carboxylic acids is 1. The summed E-state index contributed by atoms with van der Waals surface area (Å²) in [6.07, 6.45) is -1.57. The van der Waals surface area contributed by atoms with Crippen molar-refractivity contribution in [2.45, 2.75) is 37.7 Å². The van der Waals surface area contributed by atoms with Gasteiger partial charge in [0.05, 0.1) is 26.0 Å². The Morgan fingerprint density at radius 2 is 2.16 bits per heavy atom. The van der Waals surface area contributed by atoms with E-state index in [0.717, 1.165) is 43.9 Å². The number of rotatable bonds is 4. The minimum atomic E-state index is -5.08. The van der Waals surface area contributed by atoms with E-state index in [2.05, 4.69) is 37.9 Å². The highest BCUT2D eigenvalue weighted by Crippen LogP contribution is 2.42. The van der Waals surface area contributed by atoms with E-state index in [1.165, 1.54) is 0 Å². The van der Waals surface area contributed by atoms with Crippen molar-refractivity contribution in [1.29, 1.82) is 0 Å². The number of aromatic nitrogens is 2. The minimum absolute atomic E-state index is 0.00159. The van der Waals surface area contributed by atoms with Crippen LogP contribution in [0.15, 0.2) is 22.8 Å². The van der Waals surface area contributed by atoms with Crippen LogP contribution in [0.3, 0.4) is 0 Å². The second-order valence-electron chi connectivity index (χ2n) is 6.63. The molecule has 4 heterocycles. The molecule has 0 aliphatic carbocycles. The molecular weight excluding hydrogens is 588 g/mol. The lowest BCUT2D eigenvalue weighted by atomic mass is 10.0. The predicted molar refractivity (Wildman–Crippen MR) is 121 cm³/mol. The number of halogens is 5. The van der Waals surface area contributed by atoms with Gasteiger partial charge in [-0.3, -0.25) is 0 Å². The van der Waals surface area contributed by atoms with Crippen LogP contribution >= 0.6 is 45.5 Å². The number of ether oxygens (including phenoxy) is 1. The number of alkyl halides is 3. The normalized spacial score (nSPS) is 18.8. The average Bonchev–Trinajstić information content (AvgIpc) is 3.35. The van der Waals surface area contributed by atoms with Gasteiger partial charge >= 0.3 is 12.1 Å². The van der Waals surface area contributed by atoms with E-state index in [0.29, 0.717) is 12.4 Å². The fourth-order valence-electron chi connectivity index (χ4n) is 2.90. The van der Waals surface area contributed by atoms with Gasteiger partial charge in [-0.15, -0.1) is 11.3 Å². The third-order valence-electron chi connectivity index (χ3n) is 4.35. The van der Waals surface area contributed by atoms with Crippen molar-refractivity contribution < 1.29 is 32.2 Å². The highest BCUT2D eigenvalue weighted by atomic mass is 127. The van der Waals surface area contributed by atoms with E-state index in [-0.39, 0.29) is 17.4 Å². The standard InChI is InChI=1S/C16H16ClIN4O2S.C2HF3O2/c17-16-21-11-10(18)13(12-9(19)4-2-6-24-12)25-14(11)15(22-16)20-7-8-3-1-5-23-8;3-2(4,5)1(6)7/h1,3,5,9,12H,2,4,6-7,19H2,(H,20,21,22);(H,6,7)/t9-,12-;/m0./s1. The highest BCUT2D eigenvalue weighted by molar-refractivity contribution is 14.1. The van der Waals surface area contributed by atoms with Crippen molar-refractivity contribution >= 4 is 67.5 Å². The molecule has 1 fully saturated rings. The molecule has 14 heteroatoms. The molecule has 0 spiro atoms. The number of nitrogens with one attached hydrogen (secondary N) is 1. The number of anilines is 1. The van der Waals surface area contributed by atoms with Gasteiger partial charge in [-0.25, -0.2) is 9.78 Å². The SMILES string of the molecule is N[C@H]1CCCO[C@@H]1c1sc2c(NCc3ccco3)nc(Cl)nc2c1I.O=C(O)C(F)(F)F. The molecule has 0 amide bonds. The topological polar surface area (TPSA) is 124 Å². The molecular formula is C18H17ClF3IN4O4S. The van der Waals surface area contributed by atoms with Crippen LogP contribution in [-0.4, -0.2) is 39.9 Å². The lowest BCUT2D eigenvalue weighted by Crippen LogP contribution is -2.34. The summed E-state index contributed by atoms with van der Waals surface area (Å²) < 4.78 is 45.0. The summed E-state index contributed by atoms with van der Waals surface area (Å²) in [7, 11) is 0. The first-order chi connectivity index (χ1) is 15.1. The van der Waals surface area contributed by atoms with Gasteiger partial charge in [-0.1, -0.05) is 0 Å². The van der Waals surface area contributed by atoms with Crippen LogP contribution in [0.4, 0.5) is 19.0 Å². The van der Waals surface area contributed by atoms with Crippen LogP contribution in [0.5, 0.6) is 0 Å². The Bertz CT molecular complexity index is 1080. The van der Waals surface area contributed by atoms with Gasteiger partial charge in [0.1, 0.15) is 23.2 Å². The molecule has 3 aromatic heterocycles. The van der Waals surface area contributed by atoms with E-state index in [4.69, 9.17) is 36.4 Å². The lowest BCUT2D eigenvalue weighted by molar-refractivity contribution is -0.192. The first kappa shape index (κ1) is 25.0. The molecule has 3 aromatic rings. The molecule has 1 saturated heterocycles. The number of fused-ring (bicyclic) bond motifs is 1. The Kier molecular flexibility index (Phi) is 8.19. The molecule has 0 bridgehead atoms. The molecule has 32 heavy (non-hydrogen) atoms. The summed E-state index contributed by atoms with van der Waals surface area (Å²) in [5.74, 6) is -1.23. The van der Waals surface area contributed by atoms with Crippen molar-refractivity contribution in [2.75, 3.05) is 11.9 Å². The van der Waals surface area contributed by atoms with Gasteiger partial charge in [0.2, 0.25) is 5.28 Å². The van der Waals surface area contributed by atoms with Crippen molar-refractivity contribution in [3.63, 3.8) is 0 Å². The zero-order chi connectivity index (χ0) is 23.5. The molecule has 8 nitrogen and oxygen atoms in total. The number of thiophene rings is 1. The maximum atomic E-state index is 10.6. The van der Waals surface area contributed by atoms with Crippen LogP contribution in [0.25, 0.3) is 10.2 Å². The number of carboxylic acid groups (broad SMARTS) is 1. The number of furan rings is 1. The Hall–Kier alpha value is -1.68. The second-order valence-corrected chi connectivity index (χ2v) is 9.10. The molecule has 1 aliphatic heterocycles. The third kappa shape index (κ3) is 6.01. The molecule has 0 radical (unpaired) electrons. The third-order valence-corrected chi connectivity index (χ3v) is 7.23. The Morgan fingerprint density at radius 1 is 1.44 bits per heavy atom. The molecule has 2 atom stereocenters. The summed E-state index contributed by atoms with van der Waals surface area (Å²) in [5.41, 5.74) is 7.12. The van der Waals surface area contributed by atoms with E-state index in [1.807, 2.05) is 12.1 Å². The van der Waals surface area contributed by atoms with Gasteiger partial charge in [-0.2, -0.15) is 18.2 Å². The summed E-state index contributed by atoms with van der Waals surface area (Å²) in [5, 5.41) is 10.6. The van der Waals surface area contributed by atoms with Gasteiger partial charge in [-0.05, 0) is 59.2 Å². The summed E-state index contributed by atoms with van der Waals surface area (Å²) in [4.78, 5) is 18.8. The van der Waals surface area contributed by atoms with Crippen molar-refractivity contribution in [3.05, 3.63) is 37.9 Å². The van der Waals surface area contributed by atoms with Gasteiger partial charge in [0.25, 0.3) is 0 Å². The summed E-state index contributed by atoms with van der Waals surface area (Å²) in [6, 6.07) is 3.76. The van der Waals surface area contributed by atoms with Gasteiger partial charge in [0, 0.05) is 12.6 Å². The van der Waals surface area contributed by atoms with Crippen LogP contribution in [-0.2, 0) is 16.1 Å². The van der Waals surface area contributed by atoms with E-state index < -0.39 is 12.1 Å². The number of nitrogens with zero attached hydrogens (tertiary/aromatic N) is 2. The second kappa shape index (κ2) is 10.5. The quantitative estimate of drug-likeness (QED) is 0.282. The smallest absolute Gasteiger partial charge is 0.475 e. The fourth-order valence-corrected chi connectivity index (χ4v) is 5.50. The number of hydrogen-bond donors (Lipinski definition) is 3. The van der Waals surface area contributed by atoms with Gasteiger partial charge in [0.15, 0.2) is 0 Å². The maximum absolute atomic E-state index is 10.6. The van der Waals surface area contributed by atoms with Gasteiger partial charge < -0.3 is 25.3 Å². The monoisotopic (exact) mass is 604 g/mol. The van der Waals surface area contributed by atoms with E-state index >= 15 is 0 Å². The molecule has 1 aliphatic rings. The van der Waals surface area contributed by atoms with E-state index in [9.17, 15) is 13.2 Å². The number of aliphatic carboxylic acids is 1. The van der Waals surface area contributed by atoms with Crippen LogP contribution in [0, 0.1) is 3.57 Å². The molecule has 0 aromatic carbocycles. The largest absolute Gasteiger partial charge is 0.490 e. The maximum Gasteiger partial charge on any atom is 0.490 e. The highest BCUT2D eigenvalue weighted by Gasteiger charge is 2.38. The zero-order valence-corrected chi connectivity index (χ0v) is 19.9. The first-order valence-corrected chi connectivity index (χ1v) is 11.4. The summed E-state index contributed by atoms with van der Waals surface area (Å²) in [6.45, 7) is 1.26. The molecule has 0 saturated carbocycles. The lowest BCUT2D eigenvalue weighted by Gasteiger charge is -2.28. The van der Waals surface area contributed by atoms with Crippen LogP contribution in [0.2, 0.25) is 5.28 Å². The van der Waals surface area contributed by atoms with Crippen molar-refractivity contribution in [2.24, 2.45) is 5.73 Å². The number of carbonyl (C=O) groups is 1. The van der Waals surface area contributed by atoms with E-state index in [1.54, 1.807) is 17.6 Å². The molecule has 0 unspecified atom stereocenters. The fraction of sp³-hybridized carbons (Fsp3) is 0.389. The van der Waals surface area contributed by atoms with Crippen LogP contribution in [0.1, 0.15) is 29.6 Å². The summed E-state index contributed by atoms with van der Waals surface area (Å²) >= 11 is 10.1. The average molecular weight is 605 g/mol. The Labute approximate surface area is 202 Å². The number of nitrogens with two attached hydrogens (primary N) is 1. The zero-order valence-electron chi connectivity index (χ0n) is 16.2. The predicted octanol–water partition coefficient (Wildman–Crippen LogP) is 4.97. The van der Waals surface area contributed by atoms with Crippen molar-refractivity contribution in [1.82, 2.24) is 9.97 Å². The Morgan fingerprint density at radius 3 is 2.75 bits per heavy atom. The molecule has 4 N–H and O–H groups in total. The first-order valence-electron chi connectivity index (χ1n) is 9.17. The Balaban J connectivity index is 0.000000360. The molecule has 4 rings (SSSR count). The van der Waals surface area contributed by atoms with Crippen molar-refractivity contribution in [3.8, 4) is 0 Å². The van der Waals surface area contributed by atoms with Crippen LogP contribution < -0.4 is 11.1 Å². The minimum Gasteiger partial charge on any atom is -0.475 e. The number of hydrogen-bond acceptors (Lipinski definition) is 8. The molecule has 174 valence electrons.